The van der Waals surface area contributed by atoms with Gasteiger partial charge < -0.3 is 5.73 Å². The number of nitrogens with two attached hydrogens (primary N) is 1. The van der Waals surface area contributed by atoms with Crippen LogP contribution in [0, 0.1) is 17.2 Å². The third-order valence-corrected chi connectivity index (χ3v) is 6.51. The molecule has 0 amide bonds. The van der Waals surface area contributed by atoms with E-state index in [9.17, 15) is 13.2 Å². The Morgan fingerprint density at radius 3 is 2.42 bits per heavy atom. The van der Waals surface area contributed by atoms with E-state index in [1.807, 2.05) is 6.07 Å². The fourth-order valence-electron chi connectivity index (χ4n) is 2.87. The minimum Gasteiger partial charge on any atom is -0.382 e. The number of nitrogen functional groups attached to an aromatic ring is 1. The molecule has 1 saturated heterocycles. The Kier molecular flexibility index (Phi) is 4.80. The average molecular weight is 373 g/mol. The van der Waals surface area contributed by atoms with E-state index in [4.69, 9.17) is 11.0 Å². The van der Waals surface area contributed by atoms with E-state index in [1.165, 1.54) is 34.8 Å². The Hall–Kier alpha value is -2.70. The number of rotatable bonds is 3. The standard InChI is InChI=1S/C17H19N5O3S/c1-12-6-8-21(9-7-12)26(24,25)15-4-2-13(3-5-15)17(23)22-16(19)14(10-18)11-20-22/h2-5,11-12H,6-9,19H2,1H3. The Balaban J connectivity index is 1.83. The van der Waals surface area contributed by atoms with Gasteiger partial charge in [0.25, 0.3) is 5.91 Å². The molecule has 1 aromatic heterocycles. The van der Waals surface area contributed by atoms with Crippen molar-refractivity contribution in [3.8, 4) is 6.07 Å². The van der Waals surface area contributed by atoms with Crippen LogP contribution in [0.1, 0.15) is 35.7 Å². The van der Waals surface area contributed by atoms with Gasteiger partial charge >= 0.3 is 0 Å². The van der Waals surface area contributed by atoms with Crippen molar-refractivity contribution in [2.45, 2.75) is 24.7 Å². The minimum atomic E-state index is -3.57. The summed E-state index contributed by atoms with van der Waals surface area (Å²) in [6.07, 6.45) is 2.90. The molecule has 26 heavy (non-hydrogen) atoms. The highest BCUT2D eigenvalue weighted by molar-refractivity contribution is 7.89. The molecule has 0 aliphatic carbocycles. The van der Waals surface area contributed by atoms with Crippen LogP contribution in [-0.4, -0.2) is 41.5 Å². The molecule has 0 spiro atoms. The highest BCUT2D eigenvalue weighted by Gasteiger charge is 2.28. The van der Waals surface area contributed by atoms with Crippen molar-refractivity contribution in [3.05, 3.63) is 41.6 Å². The Morgan fingerprint density at radius 1 is 1.27 bits per heavy atom. The number of benzene rings is 1. The van der Waals surface area contributed by atoms with Crippen molar-refractivity contribution in [2.24, 2.45) is 5.92 Å². The monoisotopic (exact) mass is 373 g/mol. The van der Waals surface area contributed by atoms with Crippen molar-refractivity contribution in [3.63, 3.8) is 0 Å². The van der Waals surface area contributed by atoms with E-state index in [1.54, 1.807) is 0 Å². The van der Waals surface area contributed by atoms with Crippen LogP contribution in [0.15, 0.2) is 35.4 Å². The quantitative estimate of drug-likeness (QED) is 0.869. The van der Waals surface area contributed by atoms with Crippen molar-refractivity contribution < 1.29 is 13.2 Å². The Morgan fingerprint density at radius 2 is 1.88 bits per heavy atom. The van der Waals surface area contributed by atoms with Crippen LogP contribution in [-0.2, 0) is 10.0 Å². The Labute approximate surface area is 151 Å². The zero-order valence-corrected chi connectivity index (χ0v) is 15.1. The molecule has 0 radical (unpaired) electrons. The topological polar surface area (TPSA) is 122 Å². The second-order valence-electron chi connectivity index (χ2n) is 6.38. The molecule has 2 heterocycles. The first-order valence-corrected chi connectivity index (χ1v) is 9.67. The highest BCUT2D eigenvalue weighted by Crippen LogP contribution is 2.24. The van der Waals surface area contributed by atoms with Crippen LogP contribution in [0.2, 0.25) is 0 Å². The summed E-state index contributed by atoms with van der Waals surface area (Å²) in [5, 5.41) is 12.7. The summed E-state index contributed by atoms with van der Waals surface area (Å²) in [5.74, 6) is -0.0457. The predicted octanol–water partition coefficient (Wildman–Crippen LogP) is 1.45. The molecule has 1 aliphatic rings. The summed E-state index contributed by atoms with van der Waals surface area (Å²) in [6.45, 7) is 3.12. The van der Waals surface area contributed by atoms with Crippen LogP contribution in [0.5, 0.6) is 0 Å². The van der Waals surface area contributed by atoms with Crippen LogP contribution >= 0.6 is 0 Å². The van der Waals surface area contributed by atoms with Crippen LogP contribution in [0.3, 0.4) is 0 Å². The molecule has 0 unspecified atom stereocenters. The number of aromatic nitrogens is 2. The molecule has 1 fully saturated rings. The molecule has 8 nitrogen and oxygen atoms in total. The normalized spacial score (nSPS) is 16.3. The van der Waals surface area contributed by atoms with Gasteiger partial charge in [0.1, 0.15) is 17.5 Å². The van der Waals surface area contributed by atoms with E-state index in [0.717, 1.165) is 17.5 Å². The first-order chi connectivity index (χ1) is 12.3. The summed E-state index contributed by atoms with van der Waals surface area (Å²) in [4.78, 5) is 12.6. The zero-order valence-electron chi connectivity index (χ0n) is 14.3. The maximum atomic E-state index is 12.7. The molecule has 2 N–H and O–H groups in total. The van der Waals surface area contributed by atoms with Gasteiger partial charge in [0.05, 0.1) is 11.1 Å². The fraction of sp³-hybridized carbons (Fsp3) is 0.353. The number of hydrogen-bond acceptors (Lipinski definition) is 6. The van der Waals surface area contributed by atoms with Gasteiger partial charge in [-0.3, -0.25) is 4.79 Å². The molecule has 3 rings (SSSR count). The lowest BCUT2D eigenvalue weighted by Gasteiger charge is -2.29. The van der Waals surface area contributed by atoms with E-state index >= 15 is 0 Å². The molecule has 0 bridgehead atoms. The van der Waals surface area contributed by atoms with Gasteiger partial charge in [0.15, 0.2) is 0 Å². The van der Waals surface area contributed by atoms with E-state index in [2.05, 4.69) is 12.0 Å². The van der Waals surface area contributed by atoms with Gasteiger partial charge in [-0.05, 0) is 43.0 Å². The van der Waals surface area contributed by atoms with E-state index in [0.29, 0.717) is 19.0 Å². The molecule has 0 atom stereocenters. The third-order valence-electron chi connectivity index (χ3n) is 4.60. The molecule has 0 saturated carbocycles. The molecular weight excluding hydrogens is 354 g/mol. The predicted molar refractivity (Wildman–Crippen MR) is 94.7 cm³/mol. The van der Waals surface area contributed by atoms with E-state index in [-0.39, 0.29) is 21.8 Å². The maximum absolute atomic E-state index is 12.7. The lowest BCUT2D eigenvalue weighted by molar-refractivity contribution is 0.0948. The molecular formula is C17H19N5O3S. The van der Waals surface area contributed by atoms with Gasteiger partial charge in [-0.2, -0.15) is 19.3 Å². The SMILES string of the molecule is CC1CCN(S(=O)(=O)c2ccc(C(=O)n3ncc(C#N)c3N)cc2)CC1. The van der Waals surface area contributed by atoms with Crippen molar-refractivity contribution in [1.82, 2.24) is 14.1 Å². The van der Waals surface area contributed by atoms with Gasteiger partial charge in [0.2, 0.25) is 10.0 Å². The molecule has 1 aromatic carbocycles. The zero-order chi connectivity index (χ0) is 18.9. The van der Waals surface area contributed by atoms with Crippen molar-refractivity contribution >= 4 is 21.7 Å². The summed E-state index contributed by atoms with van der Waals surface area (Å²) in [6, 6.07) is 7.51. The summed E-state index contributed by atoms with van der Waals surface area (Å²) in [7, 11) is -3.57. The van der Waals surface area contributed by atoms with Crippen molar-refractivity contribution in [1.29, 1.82) is 5.26 Å². The number of hydrogen-bond donors (Lipinski definition) is 1. The lowest BCUT2D eigenvalue weighted by atomic mass is 10.0. The van der Waals surface area contributed by atoms with Gasteiger partial charge in [-0.15, -0.1) is 0 Å². The highest BCUT2D eigenvalue weighted by atomic mass is 32.2. The molecule has 9 heteroatoms. The number of nitrogens with zero attached hydrogens (tertiary/aromatic N) is 4. The average Bonchev–Trinajstić information content (AvgIpc) is 3.02. The number of carbonyl (C=O) groups excluding carboxylic acids is 1. The number of piperidine rings is 1. The number of nitriles is 1. The van der Waals surface area contributed by atoms with Gasteiger partial charge in [-0.25, -0.2) is 8.42 Å². The number of carbonyl (C=O) groups is 1. The second kappa shape index (κ2) is 6.90. The maximum Gasteiger partial charge on any atom is 0.280 e. The summed E-state index contributed by atoms with van der Waals surface area (Å²) < 4.78 is 27.8. The molecule has 1 aliphatic heterocycles. The van der Waals surface area contributed by atoms with Crippen LogP contribution in [0.25, 0.3) is 0 Å². The van der Waals surface area contributed by atoms with Gasteiger partial charge in [-0.1, -0.05) is 6.92 Å². The second-order valence-corrected chi connectivity index (χ2v) is 8.32. The van der Waals surface area contributed by atoms with Crippen LogP contribution in [0.4, 0.5) is 5.82 Å². The fourth-order valence-corrected chi connectivity index (χ4v) is 4.34. The van der Waals surface area contributed by atoms with Crippen LogP contribution < -0.4 is 5.73 Å². The van der Waals surface area contributed by atoms with Gasteiger partial charge in [0, 0.05) is 18.7 Å². The number of anilines is 1. The summed E-state index contributed by atoms with van der Waals surface area (Å²) >= 11 is 0. The lowest BCUT2D eigenvalue weighted by Crippen LogP contribution is -2.37. The Bertz CT molecular complexity index is 965. The largest absolute Gasteiger partial charge is 0.382 e. The molecule has 2 aromatic rings. The third kappa shape index (κ3) is 3.21. The summed E-state index contributed by atoms with van der Waals surface area (Å²) in [5.41, 5.74) is 6.05. The first-order valence-electron chi connectivity index (χ1n) is 8.23. The minimum absolute atomic E-state index is 0.0448. The molecule has 136 valence electrons. The van der Waals surface area contributed by atoms with E-state index < -0.39 is 15.9 Å². The van der Waals surface area contributed by atoms with Crippen molar-refractivity contribution in [2.75, 3.05) is 18.8 Å². The first kappa shape index (κ1) is 18.1. The number of sulfonamides is 1. The smallest absolute Gasteiger partial charge is 0.280 e.